The quantitative estimate of drug-likeness (QED) is 0.904. The highest BCUT2D eigenvalue weighted by atomic mass is 32.2. The first-order valence-electron chi connectivity index (χ1n) is 7.90. The van der Waals surface area contributed by atoms with Crippen LogP contribution in [-0.2, 0) is 0 Å². The van der Waals surface area contributed by atoms with E-state index in [0.29, 0.717) is 11.5 Å². The monoisotopic (exact) mass is 289 g/mol. The van der Waals surface area contributed by atoms with Gasteiger partial charge in [-0.3, -0.25) is 4.90 Å². The molecule has 2 nitrogen and oxygen atoms in total. The molecular weight excluding hydrogens is 266 g/mol. The molecule has 3 unspecified atom stereocenters. The molecule has 0 aromatic heterocycles. The summed E-state index contributed by atoms with van der Waals surface area (Å²) in [5, 5.41) is 10.8. The molecule has 2 saturated heterocycles. The Morgan fingerprint density at radius 1 is 1.15 bits per heavy atom. The first-order chi connectivity index (χ1) is 9.75. The number of fused-ring (bicyclic) bond motifs is 1. The van der Waals surface area contributed by atoms with E-state index >= 15 is 0 Å². The lowest BCUT2D eigenvalue weighted by Crippen LogP contribution is -2.55. The van der Waals surface area contributed by atoms with Gasteiger partial charge >= 0.3 is 0 Å². The van der Waals surface area contributed by atoms with Gasteiger partial charge in [0.15, 0.2) is 0 Å². The van der Waals surface area contributed by atoms with Crippen LogP contribution >= 0.6 is 11.8 Å². The molecule has 108 valence electrons. The zero-order valence-corrected chi connectivity index (χ0v) is 12.7. The number of hydrogen-bond acceptors (Lipinski definition) is 3. The van der Waals surface area contributed by atoms with Gasteiger partial charge in [-0.2, -0.15) is 0 Å². The second-order valence-electron chi connectivity index (χ2n) is 6.79. The summed E-state index contributed by atoms with van der Waals surface area (Å²) in [4.78, 5) is 4.15. The number of thioether (sulfide) groups is 1. The molecule has 20 heavy (non-hydrogen) atoms. The summed E-state index contributed by atoms with van der Waals surface area (Å²) in [6.07, 6.45) is 5.95. The van der Waals surface area contributed by atoms with E-state index in [-0.39, 0.29) is 6.10 Å². The number of aliphatic hydroxyl groups is 1. The lowest BCUT2D eigenvalue weighted by atomic mass is 9.69. The number of hydrogen-bond donors (Lipinski definition) is 1. The van der Waals surface area contributed by atoms with Crippen molar-refractivity contribution in [1.82, 2.24) is 4.90 Å². The van der Waals surface area contributed by atoms with E-state index in [0.717, 1.165) is 11.7 Å². The zero-order valence-electron chi connectivity index (χ0n) is 11.9. The Kier molecular flexibility index (Phi) is 3.32. The molecule has 1 aromatic carbocycles. The summed E-state index contributed by atoms with van der Waals surface area (Å²) in [5.74, 6) is 0.570. The van der Waals surface area contributed by atoms with Gasteiger partial charge in [0.05, 0.1) is 6.10 Å². The minimum atomic E-state index is -0.0244. The predicted molar refractivity (Wildman–Crippen MR) is 83.0 cm³/mol. The SMILES string of the molecule is OC1CC[C@]23CC(Sc4ccccc4)CN2CCC1C3. The zero-order chi connectivity index (χ0) is 13.6. The Labute approximate surface area is 125 Å². The second-order valence-corrected chi connectivity index (χ2v) is 8.16. The third-order valence-electron chi connectivity index (χ3n) is 5.61. The highest BCUT2D eigenvalue weighted by Crippen LogP contribution is 2.51. The highest BCUT2D eigenvalue weighted by Gasteiger charge is 2.52. The summed E-state index contributed by atoms with van der Waals surface area (Å²) < 4.78 is 0. The third-order valence-corrected chi connectivity index (χ3v) is 6.80. The Morgan fingerprint density at radius 2 is 2.00 bits per heavy atom. The van der Waals surface area contributed by atoms with Gasteiger partial charge in [0.25, 0.3) is 0 Å². The molecule has 2 heterocycles. The molecule has 0 radical (unpaired) electrons. The van der Waals surface area contributed by atoms with E-state index in [9.17, 15) is 5.11 Å². The van der Waals surface area contributed by atoms with Crippen LogP contribution in [0.15, 0.2) is 35.2 Å². The van der Waals surface area contributed by atoms with Crippen molar-refractivity contribution >= 4 is 11.8 Å². The lowest BCUT2D eigenvalue weighted by molar-refractivity contribution is -0.0511. The summed E-state index contributed by atoms with van der Waals surface area (Å²) in [7, 11) is 0. The van der Waals surface area contributed by atoms with Crippen LogP contribution in [0.2, 0.25) is 0 Å². The van der Waals surface area contributed by atoms with Gasteiger partial charge in [-0.25, -0.2) is 0 Å². The van der Waals surface area contributed by atoms with E-state index < -0.39 is 0 Å². The van der Waals surface area contributed by atoms with Crippen molar-refractivity contribution in [1.29, 1.82) is 0 Å². The van der Waals surface area contributed by atoms with E-state index in [1.807, 2.05) is 0 Å². The van der Waals surface area contributed by atoms with Crippen molar-refractivity contribution in [2.24, 2.45) is 5.92 Å². The molecule has 1 spiro atoms. The van der Waals surface area contributed by atoms with Crippen LogP contribution in [0, 0.1) is 5.92 Å². The van der Waals surface area contributed by atoms with E-state index in [1.165, 1.54) is 43.7 Å². The fraction of sp³-hybridized carbons (Fsp3) is 0.647. The van der Waals surface area contributed by atoms with Crippen molar-refractivity contribution in [3.05, 3.63) is 30.3 Å². The minimum absolute atomic E-state index is 0.0244. The predicted octanol–water partition coefficient (Wildman–Crippen LogP) is 3.16. The fourth-order valence-electron chi connectivity index (χ4n) is 4.62. The number of piperidine rings is 1. The smallest absolute Gasteiger partial charge is 0.0570 e. The van der Waals surface area contributed by atoms with Gasteiger partial charge < -0.3 is 5.11 Å². The van der Waals surface area contributed by atoms with E-state index in [1.54, 1.807) is 0 Å². The largest absolute Gasteiger partial charge is 0.393 e. The first kappa shape index (κ1) is 13.2. The molecule has 1 aromatic rings. The molecule has 3 heteroatoms. The molecule has 2 aliphatic heterocycles. The van der Waals surface area contributed by atoms with Crippen LogP contribution in [0.4, 0.5) is 0 Å². The molecule has 0 amide bonds. The topological polar surface area (TPSA) is 23.5 Å². The van der Waals surface area contributed by atoms with Crippen LogP contribution in [0.1, 0.15) is 32.1 Å². The molecule has 2 bridgehead atoms. The Bertz CT molecular complexity index is 479. The maximum atomic E-state index is 10.1. The van der Waals surface area contributed by atoms with Crippen molar-refractivity contribution in [2.75, 3.05) is 13.1 Å². The van der Waals surface area contributed by atoms with Crippen LogP contribution in [0.3, 0.4) is 0 Å². The molecule has 1 N–H and O–H groups in total. The minimum Gasteiger partial charge on any atom is -0.393 e. The number of benzene rings is 1. The average molecular weight is 289 g/mol. The molecular formula is C17H23NOS. The van der Waals surface area contributed by atoms with Crippen LogP contribution in [0.5, 0.6) is 0 Å². The lowest BCUT2D eigenvalue weighted by Gasteiger charge is -2.51. The van der Waals surface area contributed by atoms with Gasteiger partial charge in [-0.1, -0.05) is 18.2 Å². The maximum absolute atomic E-state index is 10.1. The number of nitrogens with zero attached hydrogens (tertiary/aromatic N) is 1. The van der Waals surface area contributed by atoms with Gasteiger partial charge in [-0.05, 0) is 56.7 Å². The van der Waals surface area contributed by atoms with Gasteiger partial charge in [0.2, 0.25) is 0 Å². The van der Waals surface area contributed by atoms with Crippen molar-refractivity contribution in [2.45, 2.75) is 53.9 Å². The molecule has 1 saturated carbocycles. The number of aliphatic hydroxyl groups excluding tert-OH is 1. The average Bonchev–Trinajstić information content (AvgIpc) is 2.81. The molecule has 1 aliphatic carbocycles. The van der Waals surface area contributed by atoms with Gasteiger partial charge in [-0.15, -0.1) is 11.8 Å². The summed E-state index contributed by atoms with van der Waals surface area (Å²) in [6.45, 7) is 2.44. The van der Waals surface area contributed by atoms with Crippen LogP contribution < -0.4 is 0 Å². The molecule has 4 rings (SSSR count). The summed E-state index contributed by atoms with van der Waals surface area (Å²) in [5.41, 5.74) is 0.425. The van der Waals surface area contributed by atoms with E-state index in [2.05, 4.69) is 47.0 Å². The number of rotatable bonds is 2. The van der Waals surface area contributed by atoms with Gasteiger partial charge in [0.1, 0.15) is 0 Å². The van der Waals surface area contributed by atoms with Crippen LogP contribution in [0.25, 0.3) is 0 Å². The van der Waals surface area contributed by atoms with Crippen LogP contribution in [-0.4, -0.2) is 40.0 Å². The summed E-state index contributed by atoms with van der Waals surface area (Å²) in [6, 6.07) is 10.8. The van der Waals surface area contributed by atoms with Crippen molar-refractivity contribution in [3.8, 4) is 0 Å². The molecule has 3 aliphatic rings. The Balaban J connectivity index is 1.49. The third kappa shape index (κ3) is 2.20. The normalized spacial score (nSPS) is 40.5. The van der Waals surface area contributed by atoms with Gasteiger partial charge in [0, 0.05) is 22.2 Å². The standard InChI is InChI=1S/C17H23NOS/c19-16-6-8-17-10-13(16)7-9-18(17)12-15(11-17)20-14-4-2-1-3-5-14/h1-5,13,15-16,19H,6-12H2/t13?,15?,16?,17-/m0/s1. The summed E-state index contributed by atoms with van der Waals surface area (Å²) >= 11 is 2.05. The Hall–Kier alpha value is -0.510. The van der Waals surface area contributed by atoms with Crippen molar-refractivity contribution in [3.63, 3.8) is 0 Å². The molecule has 4 atom stereocenters. The Morgan fingerprint density at radius 3 is 2.85 bits per heavy atom. The molecule has 3 fully saturated rings. The first-order valence-corrected chi connectivity index (χ1v) is 8.78. The maximum Gasteiger partial charge on any atom is 0.0570 e. The fourth-order valence-corrected chi connectivity index (χ4v) is 5.97. The highest BCUT2D eigenvalue weighted by molar-refractivity contribution is 8.00. The van der Waals surface area contributed by atoms with E-state index in [4.69, 9.17) is 0 Å². The second kappa shape index (κ2) is 5.04. The van der Waals surface area contributed by atoms with Crippen molar-refractivity contribution < 1.29 is 5.11 Å².